The van der Waals surface area contributed by atoms with Gasteiger partial charge in [-0.2, -0.15) is 0 Å². The van der Waals surface area contributed by atoms with E-state index in [4.69, 9.17) is 9.47 Å². The molecule has 0 spiro atoms. The number of carbonyl (C=O) groups excluding carboxylic acids is 1. The lowest BCUT2D eigenvalue weighted by atomic mass is 10.1. The number of morpholine rings is 1. The zero-order valence-corrected chi connectivity index (χ0v) is 16.5. The Morgan fingerprint density at radius 1 is 1.22 bits per heavy atom. The summed E-state index contributed by atoms with van der Waals surface area (Å²) in [5.41, 5.74) is 1.02. The summed E-state index contributed by atoms with van der Waals surface area (Å²) in [6.45, 7) is 3.50. The highest BCUT2D eigenvalue weighted by molar-refractivity contribution is 9.10. The number of benzene rings is 2. The lowest BCUT2D eigenvalue weighted by Gasteiger charge is -2.31. The van der Waals surface area contributed by atoms with Crippen molar-refractivity contribution < 1.29 is 18.7 Å². The van der Waals surface area contributed by atoms with Crippen LogP contribution in [0, 0.1) is 5.82 Å². The van der Waals surface area contributed by atoms with Crippen molar-refractivity contribution >= 4 is 21.8 Å². The van der Waals surface area contributed by atoms with Gasteiger partial charge < -0.3 is 14.8 Å². The number of ether oxygens (including phenoxy) is 2. The molecule has 0 saturated carbocycles. The third kappa shape index (κ3) is 6.02. The van der Waals surface area contributed by atoms with Crippen LogP contribution < -0.4 is 10.1 Å². The standard InChI is InChI=1S/C20H22BrFN2O3/c21-16-6-7-19(17(22)12-16)27-14-20(25)23-18(15-4-2-1-3-5-15)13-24-8-10-26-11-9-24/h1-7,12,18H,8-11,13-14H2,(H,23,25)/t18-/m0/s1. The molecule has 1 fully saturated rings. The minimum Gasteiger partial charge on any atom is -0.481 e. The summed E-state index contributed by atoms with van der Waals surface area (Å²) in [6, 6.07) is 14.1. The molecule has 2 aromatic carbocycles. The van der Waals surface area contributed by atoms with Gasteiger partial charge in [-0.15, -0.1) is 0 Å². The molecule has 144 valence electrons. The number of halogens is 2. The quantitative estimate of drug-likeness (QED) is 0.723. The van der Waals surface area contributed by atoms with E-state index >= 15 is 0 Å². The Bertz CT molecular complexity index is 754. The molecule has 1 N–H and O–H groups in total. The van der Waals surface area contributed by atoms with Crippen LogP contribution in [0.15, 0.2) is 53.0 Å². The SMILES string of the molecule is O=C(COc1ccc(Br)cc1F)N[C@@H](CN1CCOCC1)c1ccccc1. The van der Waals surface area contributed by atoms with Crippen LogP contribution in [0.5, 0.6) is 5.75 Å². The van der Waals surface area contributed by atoms with Gasteiger partial charge in [-0.1, -0.05) is 46.3 Å². The van der Waals surface area contributed by atoms with E-state index in [0.29, 0.717) is 24.2 Å². The summed E-state index contributed by atoms with van der Waals surface area (Å²) in [6.07, 6.45) is 0. The first kappa shape index (κ1) is 19.8. The second-order valence-electron chi connectivity index (χ2n) is 6.31. The Morgan fingerprint density at radius 3 is 2.67 bits per heavy atom. The summed E-state index contributed by atoms with van der Waals surface area (Å²) >= 11 is 3.19. The Labute approximate surface area is 166 Å². The number of hydrogen-bond acceptors (Lipinski definition) is 4. The van der Waals surface area contributed by atoms with E-state index < -0.39 is 5.82 Å². The zero-order valence-electron chi connectivity index (χ0n) is 14.9. The van der Waals surface area contributed by atoms with E-state index in [0.717, 1.165) is 18.7 Å². The van der Waals surface area contributed by atoms with Crippen molar-refractivity contribution in [2.45, 2.75) is 6.04 Å². The van der Waals surface area contributed by atoms with Gasteiger partial charge >= 0.3 is 0 Å². The molecule has 5 nitrogen and oxygen atoms in total. The molecule has 0 aromatic heterocycles. The molecule has 0 bridgehead atoms. The zero-order chi connectivity index (χ0) is 19.1. The summed E-state index contributed by atoms with van der Waals surface area (Å²) in [7, 11) is 0. The molecule has 7 heteroatoms. The van der Waals surface area contributed by atoms with E-state index in [9.17, 15) is 9.18 Å². The van der Waals surface area contributed by atoms with Gasteiger partial charge in [-0.3, -0.25) is 9.69 Å². The van der Waals surface area contributed by atoms with Crippen molar-refractivity contribution in [3.8, 4) is 5.75 Å². The molecule has 0 radical (unpaired) electrons. The van der Waals surface area contributed by atoms with Crippen LogP contribution in [0.4, 0.5) is 4.39 Å². The third-order valence-corrected chi connectivity index (χ3v) is 4.83. The van der Waals surface area contributed by atoms with Gasteiger partial charge in [-0.05, 0) is 23.8 Å². The summed E-state index contributed by atoms with van der Waals surface area (Å²) < 4.78 is 25.2. The maximum atomic E-state index is 13.8. The third-order valence-electron chi connectivity index (χ3n) is 4.33. The minimum absolute atomic E-state index is 0.0535. The highest BCUT2D eigenvalue weighted by Crippen LogP contribution is 2.21. The topological polar surface area (TPSA) is 50.8 Å². The van der Waals surface area contributed by atoms with Gasteiger partial charge in [0.2, 0.25) is 0 Å². The summed E-state index contributed by atoms with van der Waals surface area (Å²) in [4.78, 5) is 14.7. The van der Waals surface area contributed by atoms with Gasteiger partial charge in [0.05, 0.1) is 19.3 Å². The average molecular weight is 437 g/mol. The molecular formula is C20H22BrFN2O3. The van der Waals surface area contributed by atoms with Crippen LogP contribution in [-0.4, -0.2) is 50.3 Å². The fourth-order valence-corrected chi connectivity index (χ4v) is 3.27. The minimum atomic E-state index is -0.509. The first-order valence-electron chi connectivity index (χ1n) is 8.84. The molecule has 1 saturated heterocycles. The van der Waals surface area contributed by atoms with Crippen LogP contribution in [0.1, 0.15) is 11.6 Å². The number of hydrogen-bond donors (Lipinski definition) is 1. The maximum absolute atomic E-state index is 13.8. The van der Waals surface area contributed by atoms with Crippen molar-refractivity contribution in [1.82, 2.24) is 10.2 Å². The first-order chi connectivity index (χ1) is 13.1. The normalized spacial score (nSPS) is 15.9. The number of carbonyl (C=O) groups is 1. The Morgan fingerprint density at radius 2 is 1.96 bits per heavy atom. The molecule has 2 aromatic rings. The van der Waals surface area contributed by atoms with E-state index in [2.05, 4.69) is 26.1 Å². The second-order valence-corrected chi connectivity index (χ2v) is 7.22. The van der Waals surface area contributed by atoms with Gasteiger partial charge in [0.1, 0.15) is 0 Å². The average Bonchev–Trinajstić information content (AvgIpc) is 2.68. The molecule has 1 aliphatic heterocycles. The lowest BCUT2D eigenvalue weighted by molar-refractivity contribution is -0.124. The van der Waals surface area contributed by atoms with Gasteiger partial charge in [0.15, 0.2) is 18.2 Å². The van der Waals surface area contributed by atoms with Crippen molar-refractivity contribution in [3.05, 3.63) is 64.4 Å². The molecule has 0 unspecified atom stereocenters. The number of amides is 1. The van der Waals surface area contributed by atoms with Crippen LogP contribution >= 0.6 is 15.9 Å². The predicted molar refractivity (Wildman–Crippen MR) is 104 cm³/mol. The monoisotopic (exact) mass is 436 g/mol. The number of nitrogens with zero attached hydrogens (tertiary/aromatic N) is 1. The van der Waals surface area contributed by atoms with Crippen LogP contribution in [0.25, 0.3) is 0 Å². The van der Waals surface area contributed by atoms with Crippen molar-refractivity contribution in [3.63, 3.8) is 0 Å². The van der Waals surface area contributed by atoms with Gasteiger partial charge in [-0.25, -0.2) is 4.39 Å². The van der Waals surface area contributed by atoms with Crippen molar-refractivity contribution in [2.24, 2.45) is 0 Å². The van der Waals surface area contributed by atoms with Crippen molar-refractivity contribution in [2.75, 3.05) is 39.5 Å². The molecule has 0 aliphatic carbocycles. The molecule has 27 heavy (non-hydrogen) atoms. The highest BCUT2D eigenvalue weighted by atomic mass is 79.9. The van der Waals surface area contributed by atoms with E-state index in [-0.39, 0.29) is 24.3 Å². The van der Waals surface area contributed by atoms with Crippen LogP contribution in [0.2, 0.25) is 0 Å². The van der Waals surface area contributed by atoms with E-state index in [1.165, 1.54) is 12.1 Å². The predicted octanol–water partition coefficient (Wildman–Crippen LogP) is 3.16. The highest BCUT2D eigenvalue weighted by Gasteiger charge is 2.20. The smallest absolute Gasteiger partial charge is 0.258 e. The molecular weight excluding hydrogens is 415 g/mol. The van der Waals surface area contributed by atoms with Gasteiger partial charge in [0.25, 0.3) is 5.91 Å². The molecule has 1 aliphatic rings. The molecule has 3 rings (SSSR count). The van der Waals surface area contributed by atoms with E-state index in [1.54, 1.807) is 6.07 Å². The maximum Gasteiger partial charge on any atom is 0.258 e. The van der Waals surface area contributed by atoms with Gasteiger partial charge in [0, 0.05) is 24.1 Å². The number of rotatable bonds is 7. The second kappa shape index (κ2) is 9.82. The first-order valence-corrected chi connectivity index (χ1v) is 9.63. The fourth-order valence-electron chi connectivity index (χ4n) is 2.93. The fraction of sp³-hybridized carbons (Fsp3) is 0.350. The molecule has 1 atom stereocenters. The Hall–Kier alpha value is -1.96. The van der Waals surface area contributed by atoms with Crippen LogP contribution in [-0.2, 0) is 9.53 Å². The Kier molecular flexibility index (Phi) is 7.20. The Balaban J connectivity index is 1.61. The van der Waals surface area contributed by atoms with Crippen molar-refractivity contribution in [1.29, 1.82) is 0 Å². The lowest BCUT2D eigenvalue weighted by Crippen LogP contribution is -2.44. The number of nitrogens with one attached hydrogen (secondary N) is 1. The van der Waals surface area contributed by atoms with Crippen LogP contribution in [0.3, 0.4) is 0 Å². The molecule has 1 heterocycles. The summed E-state index contributed by atoms with van der Waals surface area (Å²) in [5.74, 6) is -0.748. The largest absolute Gasteiger partial charge is 0.481 e. The summed E-state index contributed by atoms with van der Waals surface area (Å²) in [5, 5.41) is 3.00. The molecule has 1 amide bonds. The van der Waals surface area contributed by atoms with E-state index in [1.807, 2.05) is 30.3 Å².